The zero-order valence-corrected chi connectivity index (χ0v) is 11.3. The number of amides is 2. The van der Waals surface area contributed by atoms with Gasteiger partial charge < -0.3 is 10.5 Å². The number of hydrogen-bond donors (Lipinski definition) is 1. The second-order valence-electron chi connectivity index (χ2n) is 4.26. The van der Waals surface area contributed by atoms with Crippen LogP contribution in [-0.4, -0.2) is 28.8 Å². The van der Waals surface area contributed by atoms with Crippen molar-refractivity contribution < 1.29 is 14.3 Å². The minimum Gasteiger partial charge on any atom is -0.496 e. The number of benzene rings is 1. The van der Waals surface area contributed by atoms with Gasteiger partial charge in [-0.1, -0.05) is 12.2 Å². The predicted molar refractivity (Wildman–Crippen MR) is 73.7 cm³/mol. The molecule has 0 aliphatic carbocycles. The molecule has 0 aromatic heterocycles. The summed E-state index contributed by atoms with van der Waals surface area (Å²) < 4.78 is 5.23. The second kappa shape index (κ2) is 5.36. The molecule has 5 nitrogen and oxygen atoms in total. The number of nitrogens with zero attached hydrogens (tertiary/aromatic N) is 1. The largest absolute Gasteiger partial charge is 0.496 e. The van der Waals surface area contributed by atoms with Gasteiger partial charge in [-0.25, -0.2) is 0 Å². The zero-order chi connectivity index (χ0) is 14.0. The van der Waals surface area contributed by atoms with E-state index in [-0.39, 0.29) is 36.2 Å². The summed E-state index contributed by atoms with van der Waals surface area (Å²) >= 11 is 4.92. The maximum atomic E-state index is 11.6. The van der Waals surface area contributed by atoms with Gasteiger partial charge in [0.05, 0.1) is 13.7 Å². The molecule has 1 aromatic carbocycles. The highest BCUT2D eigenvalue weighted by Gasteiger charge is 2.29. The van der Waals surface area contributed by atoms with Crippen molar-refractivity contribution in [3.05, 3.63) is 29.3 Å². The van der Waals surface area contributed by atoms with Gasteiger partial charge in [-0.05, 0) is 18.2 Å². The molecule has 1 aromatic rings. The first-order chi connectivity index (χ1) is 9.02. The second-order valence-corrected chi connectivity index (χ2v) is 4.70. The van der Waals surface area contributed by atoms with Crippen LogP contribution < -0.4 is 10.5 Å². The standard InChI is InChI=1S/C13H14N2O3S/c1-18-10-3-2-8(13(14)19)6-9(10)7-15-11(16)4-5-12(15)17/h2-3,6H,4-5,7H2,1H3,(H2,14,19). The summed E-state index contributed by atoms with van der Waals surface area (Å²) in [5, 5.41) is 0. The lowest BCUT2D eigenvalue weighted by atomic mass is 10.1. The molecular formula is C13H14N2O3S. The van der Waals surface area contributed by atoms with E-state index in [1.807, 2.05) is 0 Å². The summed E-state index contributed by atoms with van der Waals surface area (Å²) in [7, 11) is 1.53. The van der Waals surface area contributed by atoms with Gasteiger partial charge in [0.2, 0.25) is 11.8 Å². The minimum atomic E-state index is -0.159. The Hall–Kier alpha value is -1.95. The molecule has 2 amide bonds. The summed E-state index contributed by atoms with van der Waals surface area (Å²) in [5.74, 6) is 0.285. The molecule has 2 N–H and O–H groups in total. The number of thiocarbonyl (C=S) groups is 1. The molecule has 100 valence electrons. The average Bonchev–Trinajstić information content (AvgIpc) is 2.70. The molecule has 1 aliphatic rings. The quantitative estimate of drug-likeness (QED) is 0.656. The monoisotopic (exact) mass is 278 g/mol. The number of carbonyl (C=O) groups excluding carboxylic acids is 2. The Bertz CT molecular complexity index is 541. The van der Waals surface area contributed by atoms with Crippen molar-refractivity contribution in [3.8, 4) is 5.75 Å². The first-order valence-electron chi connectivity index (χ1n) is 5.83. The van der Waals surface area contributed by atoms with Crippen LogP contribution in [0.3, 0.4) is 0 Å². The Morgan fingerprint density at radius 1 is 1.37 bits per heavy atom. The van der Waals surface area contributed by atoms with Crippen LogP contribution >= 0.6 is 12.2 Å². The molecule has 1 heterocycles. The summed E-state index contributed by atoms with van der Waals surface area (Å²) in [4.78, 5) is 24.7. The highest BCUT2D eigenvalue weighted by Crippen LogP contribution is 2.24. The van der Waals surface area contributed by atoms with E-state index in [2.05, 4.69) is 0 Å². The lowest BCUT2D eigenvalue weighted by Gasteiger charge is -2.16. The molecule has 1 aliphatic heterocycles. The normalized spacial score (nSPS) is 14.9. The molecule has 6 heteroatoms. The summed E-state index contributed by atoms with van der Waals surface area (Å²) in [6, 6.07) is 5.23. The third kappa shape index (κ3) is 2.73. The highest BCUT2D eigenvalue weighted by atomic mass is 32.1. The molecule has 19 heavy (non-hydrogen) atoms. The molecule has 0 spiro atoms. The van der Waals surface area contributed by atoms with Crippen molar-refractivity contribution in [2.24, 2.45) is 5.73 Å². The van der Waals surface area contributed by atoms with E-state index in [1.165, 1.54) is 12.0 Å². The van der Waals surface area contributed by atoms with Crippen LogP contribution in [0.2, 0.25) is 0 Å². The van der Waals surface area contributed by atoms with Gasteiger partial charge in [-0.2, -0.15) is 0 Å². The van der Waals surface area contributed by atoms with E-state index < -0.39 is 0 Å². The number of likely N-dealkylation sites (tertiary alicyclic amines) is 1. The van der Waals surface area contributed by atoms with Crippen LogP contribution in [0.5, 0.6) is 5.75 Å². The molecule has 0 bridgehead atoms. The minimum absolute atomic E-state index is 0.159. The van der Waals surface area contributed by atoms with Crippen LogP contribution in [0.4, 0.5) is 0 Å². The van der Waals surface area contributed by atoms with Crippen LogP contribution in [-0.2, 0) is 16.1 Å². The van der Waals surface area contributed by atoms with Gasteiger partial charge in [-0.15, -0.1) is 0 Å². The third-order valence-corrected chi connectivity index (χ3v) is 3.28. The van der Waals surface area contributed by atoms with Gasteiger partial charge in [-0.3, -0.25) is 14.5 Å². The number of hydrogen-bond acceptors (Lipinski definition) is 4. The van der Waals surface area contributed by atoms with Gasteiger partial charge >= 0.3 is 0 Å². The Kier molecular flexibility index (Phi) is 3.80. The van der Waals surface area contributed by atoms with Crippen molar-refractivity contribution in [3.63, 3.8) is 0 Å². The molecule has 0 saturated carbocycles. The summed E-state index contributed by atoms with van der Waals surface area (Å²) in [6.45, 7) is 0.192. The fraction of sp³-hybridized carbons (Fsp3) is 0.308. The molecule has 1 fully saturated rings. The predicted octanol–water partition coefficient (Wildman–Crippen LogP) is 0.978. The van der Waals surface area contributed by atoms with Crippen molar-refractivity contribution in [2.45, 2.75) is 19.4 Å². The summed E-state index contributed by atoms with van der Waals surface area (Å²) in [5.41, 5.74) is 6.98. The Morgan fingerprint density at radius 2 is 2.00 bits per heavy atom. The fourth-order valence-corrected chi connectivity index (χ4v) is 2.15. The van der Waals surface area contributed by atoms with E-state index in [0.29, 0.717) is 11.3 Å². The molecule has 2 rings (SSSR count). The third-order valence-electron chi connectivity index (χ3n) is 3.05. The lowest BCUT2D eigenvalue weighted by Crippen LogP contribution is -2.28. The number of nitrogens with two attached hydrogens (primary N) is 1. The number of rotatable bonds is 4. The molecule has 1 saturated heterocycles. The van der Waals surface area contributed by atoms with Crippen LogP contribution in [0, 0.1) is 0 Å². The fourth-order valence-electron chi connectivity index (χ4n) is 2.02. The summed E-state index contributed by atoms with van der Waals surface area (Å²) in [6.07, 6.45) is 0.548. The Labute approximate surface area is 116 Å². The highest BCUT2D eigenvalue weighted by molar-refractivity contribution is 7.80. The van der Waals surface area contributed by atoms with Crippen molar-refractivity contribution >= 4 is 29.0 Å². The first-order valence-corrected chi connectivity index (χ1v) is 6.23. The molecular weight excluding hydrogens is 264 g/mol. The van der Waals surface area contributed by atoms with Gasteiger partial charge in [0.15, 0.2) is 0 Å². The van der Waals surface area contributed by atoms with Crippen molar-refractivity contribution in [1.82, 2.24) is 4.90 Å². The molecule has 0 radical (unpaired) electrons. The SMILES string of the molecule is COc1ccc(C(N)=S)cc1CN1C(=O)CCC1=O. The Morgan fingerprint density at radius 3 is 2.53 bits per heavy atom. The number of ether oxygens (including phenoxy) is 1. The lowest BCUT2D eigenvalue weighted by molar-refractivity contribution is -0.139. The van der Waals surface area contributed by atoms with Gasteiger partial charge in [0.1, 0.15) is 10.7 Å². The van der Waals surface area contributed by atoms with E-state index in [4.69, 9.17) is 22.7 Å². The molecule has 0 unspecified atom stereocenters. The Balaban J connectivity index is 2.32. The smallest absolute Gasteiger partial charge is 0.230 e. The first kappa shape index (κ1) is 13.5. The van der Waals surface area contributed by atoms with Crippen molar-refractivity contribution in [2.75, 3.05) is 7.11 Å². The van der Waals surface area contributed by atoms with E-state index in [9.17, 15) is 9.59 Å². The van der Waals surface area contributed by atoms with E-state index in [0.717, 1.165) is 5.56 Å². The van der Waals surface area contributed by atoms with Crippen LogP contribution in [0.25, 0.3) is 0 Å². The number of imide groups is 1. The zero-order valence-electron chi connectivity index (χ0n) is 10.5. The van der Waals surface area contributed by atoms with E-state index >= 15 is 0 Å². The van der Waals surface area contributed by atoms with E-state index in [1.54, 1.807) is 18.2 Å². The van der Waals surface area contributed by atoms with Crippen LogP contribution in [0.1, 0.15) is 24.0 Å². The van der Waals surface area contributed by atoms with Gasteiger partial charge in [0, 0.05) is 24.0 Å². The average molecular weight is 278 g/mol. The number of methoxy groups -OCH3 is 1. The topological polar surface area (TPSA) is 72.6 Å². The number of carbonyl (C=O) groups is 2. The van der Waals surface area contributed by atoms with Gasteiger partial charge in [0.25, 0.3) is 0 Å². The van der Waals surface area contributed by atoms with Crippen molar-refractivity contribution in [1.29, 1.82) is 0 Å². The maximum absolute atomic E-state index is 11.6. The molecule has 0 atom stereocenters. The van der Waals surface area contributed by atoms with Crippen LogP contribution in [0.15, 0.2) is 18.2 Å². The maximum Gasteiger partial charge on any atom is 0.230 e.